The Morgan fingerprint density at radius 1 is 1.04 bits per heavy atom. The third-order valence-corrected chi connectivity index (χ3v) is 4.48. The first kappa shape index (κ1) is 17.4. The van der Waals surface area contributed by atoms with Gasteiger partial charge in [-0.15, -0.1) is 0 Å². The number of likely N-dealkylation sites (tertiary alicyclic amines) is 1. The van der Waals surface area contributed by atoms with E-state index in [9.17, 15) is 4.79 Å². The SMILES string of the molecule is O=C(c1ccc(NC(=S)NCc2ccncc2)cc1)N1CCCCC1. The number of amides is 1. The lowest BCUT2D eigenvalue weighted by Gasteiger charge is -2.26. The molecule has 2 N–H and O–H groups in total. The number of nitrogens with zero attached hydrogens (tertiary/aromatic N) is 2. The smallest absolute Gasteiger partial charge is 0.253 e. The van der Waals surface area contributed by atoms with Gasteiger partial charge in [0, 0.05) is 43.3 Å². The number of thiocarbonyl (C=S) groups is 1. The van der Waals surface area contributed by atoms with Gasteiger partial charge in [0.1, 0.15) is 0 Å². The van der Waals surface area contributed by atoms with Gasteiger partial charge in [-0.25, -0.2) is 0 Å². The van der Waals surface area contributed by atoms with Crippen molar-refractivity contribution in [2.24, 2.45) is 0 Å². The fourth-order valence-electron chi connectivity index (χ4n) is 2.83. The zero-order chi connectivity index (χ0) is 17.5. The van der Waals surface area contributed by atoms with Crippen molar-refractivity contribution in [3.8, 4) is 0 Å². The van der Waals surface area contributed by atoms with E-state index in [1.807, 2.05) is 41.3 Å². The van der Waals surface area contributed by atoms with E-state index in [0.29, 0.717) is 11.7 Å². The number of aromatic nitrogens is 1. The van der Waals surface area contributed by atoms with E-state index in [1.165, 1.54) is 6.42 Å². The van der Waals surface area contributed by atoms with E-state index in [0.717, 1.165) is 42.7 Å². The Hall–Kier alpha value is -2.47. The van der Waals surface area contributed by atoms with Crippen molar-refractivity contribution in [1.82, 2.24) is 15.2 Å². The van der Waals surface area contributed by atoms with Crippen LogP contribution in [0.4, 0.5) is 5.69 Å². The Bertz CT molecular complexity index is 712. The summed E-state index contributed by atoms with van der Waals surface area (Å²) in [5.74, 6) is 0.115. The molecule has 1 amide bonds. The Kier molecular flexibility index (Phi) is 5.95. The van der Waals surface area contributed by atoms with Crippen molar-refractivity contribution >= 4 is 28.9 Å². The van der Waals surface area contributed by atoms with Gasteiger partial charge in [0.15, 0.2) is 5.11 Å². The molecule has 1 saturated heterocycles. The van der Waals surface area contributed by atoms with Gasteiger partial charge in [-0.3, -0.25) is 9.78 Å². The predicted molar refractivity (Wildman–Crippen MR) is 103 cm³/mol. The molecule has 1 aliphatic heterocycles. The zero-order valence-electron chi connectivity index (χ0n) is 14.1. The second-order valence-corrected chi connectivity index (χ2v) is 6.50. The van der Waals surface area contributed by atoms with Crippen molar-refractivity contribution < 1.29 is 4.79 Å². The van der Waals surface area contributed by atoms with Crippen LogP contribution in [-0.2, 0) is 6.54 Å². The molecule has 0 unspecified atom stereocenters. The number of nitrogens with one attached hydrogen (secondary N) is 2. The Balaban J connectivity index is 1.51. The second kappa shape index (κ2) is 8.58. The molecule has 0 atom stereocenters. The highest BCUT2D eigenvalue weighted by Crippen LogP contribution is 2.15. The molecule has 2 heterocycles. The number of hydrogen-bond acceptors (Lipinski definition) is 3. The van der Waals surface area contributed by atoms with Crippen LogP contribution < -0.4 is 10.6 Å². The molecule has 130 valence electrons. The molecule has 5 nitrogen and oxygen atoms in total. The Labute approximate surface area is 153 Å². The number of carbonyl (C=O) groups excluding carboxylic acids is 1. The molecular weight excluding hydrogens is 332 g/mol. The summed E-state index contributed by atoms with van der Waals surface area (Å²) in [6, 6.07) is 11.4. The lowest BCUT2D eigenvalue weighted by atomic mass is 10.1. The van der Waals surface area contributed by atoms with Crippen LogP contribution in [-0.4, -0.2) is 34.0 Å². The largest absolute Gasteiger partial charge is 0.358 e. The highest BCUT2D eigenvalue weighted by Gasteiger charge is 2.17. The molecule has 3 rings (SSSR count). The average molecular weight is 354 g/mol. The van der Waals surface area contributed by atoms with Gasteiger partial charge >= 0.3 is 0 Å². The number of piperidine rings is 1. The van der Waals surface area contributed by atoms with E-state index < -0.39 is 0 Å². The van der Waals surface area contributed by atoms with Crippen molar-refractivity contribution in [2.75, 3.05) is 18.4 Å². The third kappa shape index (κ3) is 5.00. The minimum absolute atomic E-state index is 0.115. The quantitative estimate of drug-likeness (QED) is 0.826. The summed E-state index contributed by atoms with van der Waals surface area (Å²) in [6.45, 7) is 2.36. The standard InChI is InChI=1S/C19H22N4OS/c24-18(23-12-2-1-3-13-23)16-4-6-17(7-5-16)22-19(25)21-14-15-8-10-20-11-9-15/h4-11H,1-3,12-14H2,(H2,21,22,25). The first-order valence-corrected chi connectivity index (χ1v) is 8.96. The normalized spacial score (nSPS) is 14.0. The summed E-state index contributed by atoms with van der Waals surface area (Å²) in [7, 11) is 0. The van der Waals surface area contributed by atoms with Crippen molar-refractivity contribution in [3.05, 3.63) is 59.9 Å². The molecule has 0 aliphatic carbocycles. The number of rotatable bonds is 4. The lowest BCUT2D eigenvalue weighted by Crippen LogP contribution is -2.35. The lowest BCUT2D eigenvalue weighted by molar-refractivity contribution is 0.0724. The van der Waals surface area contributed by atoms with Crippen molar-refractivity contribution in [1.29, 1.82) is 0 Å². The van der Waals surface area contributed by atoms with E-state index in [-0.39, 0.29) is 5.91 Å². The first-order chi connectivity index (χ1) is 12.2. The molecule has 0 bridgehead atoms. The molecule has 1 fully saturated rings. The van der Waals surface area contributed by atoms with Crippen LogP contribution in [0.15, 0.2) is 48.8 Å². The van der Waals surface area contributed by atoms with Crippen LogP contribution in [0.5, 0.6) is 0 Å². The molecule has 2 aromatic rings. The van der Waals surface area contributed by atoms with Crippen molar-refractivity contribution in [3.63, 3.8) is 0 Å². The van der Waals surface area contributed by atoms with Gasteiger partial charge in [0.2, 0.25) is 0 Å². The summed E-state index contributed by atoms with van der Waals surface area (Å²) in [5.41, 5.74) is 2.70. The summed E-state index contributed by atoms with van der Waals surface area (Å²) in [4.78, 5) is 18.4. The summed E-state index contributed by atoms with van der Waals surface area (Å²) < 4.78 is 0. The highest BCUT2D eigenvalue weighted by molar-refractivity contribution is 7.80. The number of anilines is 1. The third-order valence-electron chi connectivity index (χ3n) is 4.24. The fraction of sp³-hybridized carbons (Fsp3) is 0.316. The minimum Gasteiger partial charge on any atom is -0.358 e. The van der Waals surface area contributed by atoms with Crippen molar-refractivity contribution in [2.45, 2.75) is 25.8 Å². The van der Waals surface area contributed by atoms with Crippen LogP contribution >= 0.6 is 12.2 Å². The van der Waals surface area contributed by atoms with Crippen LogP contribution in [0, 0.1) is 0 Å². The maximum absolute atomic E-state index is 12.5. The second-order valence-electron chi connectivity index (χ2n) is 6.09. The van der Waals surface area contributed by atoms with Crippen LogP contribution in [0.1, 0.15) is 35.2 Å². The van der Waals surface area contributed by atoms with Gasteiger partial charge in [-0.05, 0) is 73.4 Å². The first-order valence-electron chi connectivity index (χ1n) is 8.55. The zero-order valence-corrected chi connectivity index (χ0v) is 14.9. The number of benzene rings is 1. The van der Waals surface area contributed by atoms with E-state index >= 15 is 0 Å². The Morgan fingerprint density at radius 3 is 2.40 bits per heavy atom. The van der Waals surface area contributed by atoms with Crippen LogP contribution in [0.2, 0.25) is 0 Å². The maximum Gasteiger partial charge on any atom is 0.253 e. The molecule has 25 heavy (non-hydrogen) atoms. The number of hydrogen-bond donors (Lipinski definition) is 2. The van der Waals surface area contributed by atoms with E-state index in [2.05, 4.69) is 15.6 Å². The number of pyridine rings is 1. The summed E-state index contributed by atoms with van der Waals surface area (Å²) >= 11 is 5.31. The van der Waals surface area contributed by atoms with E-state index in [4.69, 9.17) is 12.2 Å². The maximum atomic E-state index is 12.5. The predicted octanol–water partition coefficient (Wildman–Crippen LogP) is 3.19. The summed E-state index contributed by atoms with van der Waals surface area (Å²) in [5, 5.41) is 6.84. The van der Waals surface area contributed by atoms with Gasteiger partial charge in [-0.1, -0.05) is 0 Å². The average Bonchev–Trinajstić information content (AvgIpc) is 2.68. The molecule has 1 aromatic heterocycles. The Morgan fingerprint density at radius 2 is 1.72 bits per heavy atom. The molecular formula is C19H22N4OS. The highest BCUT2D eigenvalue weighted by atomic mass is 32.1. The van der Waals surface area contributed by atoms with Crippen LogP contribution in [0.25, 0.3) is 0 Å². The fourth-order valence-corrected chi connectivity index (χ4v) is 3.02. The molecule has 1 aliphatic rings. The topological polar surface area (TPSA) is 57.3 Å². The number of carbonyl (C=O) groups is 1. The molecule has 6 heteroatoms. The van der Waals surface area contributed by atoms with Gasteiger partial charge in [0.25, 0.3) is 5.91 Å². The molecule has 0 spiro atoms. The van der Waals surface area contributed by atoms with Gasteiger partial charge in [-0.2, -0.15) is 0 Å². The van der Waals surface area contributed by atoms with Gasteiger partial charge in [0.05, 0.1) is 0 Å². The minimum atomic E-state index is 0.115. The monoisotopic (exact) mass is 354 g/mol. The van der Waals surface area contributed by atoms with E-state index in [1.54, 1.807) is 12.4 Å². The summed E-state index contributed by atoms with van der Waals surface area (Å²) in [6.07, 6.45) is 6.93. The molecule has 0 radical (unpaired) electrons. The molecule has 0 saturated carbocycles. The molecule has 1 aromatic carbocycles. The van der Waals surface area contributed by atoms with Crippen LogP contribution in [0.3, 0.4) is 0 Å². The van der Waals surface area contributed by atoms with Gasteiger partial charge < -0.3 is 15.5 Å².